The fourth-order valence-electron chi connectivity index (χ4n) is 1.02. The van der Waals surface area contributed by atoms with Gasteiger partial charge in [-0.25, -0.2) is 12.8 Å². The number of rotatable bonds is 5. The summed E-state index contributed by atoms with van der Waals surface area (Å²) < 4.78 is 38.4. The number of carboxylic acid groups (broad SMARTS) is 1. The standard InChI is InChI=1S/C9H9BrFNO4S/c10-6-2-1-3-7(11)9(6)12-17(15,16)5-4-8(13)14/h1-3,12H,4-5H2,(H,13,14). The Kier molecular flexibility index (Phi) is 4.47. The smallest absolute Gasteiger partial charge is 0.304 e. The molecule has 8 heteroatoms. The quantitative estimate of drug-likeness (QED) is 0.864. The Morgan fingerprint density at radius 3 is 2.65 bits per heavy atom. The molecule has 0 saturated heterocycles. The van der Waals surface area contributed by atoms with Crippen LogP contribution in [0.1, 0.15) is 6.42 Å². The van der Waals surface area contributed by atoms with Gasteiger partial charge < -0.3 is 5.11 Å². The number of sulfonamides is 1. The molecule has 94 valence electrons. The second kappa shape index (κ2) is 5.46. The van der Waals surface area contributed by atoms with Crippen LogP contribution in [0.25, 0.3) is 0 Å². The van der Waals surface area contributed by atoms with Gasteiger partial charge in [-0.15, -0.1) is 0 Å². The monoisotopic (exact) mass is 325 g/mol. The summed E-state index contributed by atoms with van der Waals surface area (Å²) >= 11 is 3.00. The van der Waals surface area contributed by atoms with Crippen molar-refractivity contribution in [1.82, 2.24) is 0 Å². The van der Waals surface area contributed by atoms with E-state index in [4.69, 9.17) is 5.11 Å². The van der Waals surface area contributed by atoms with Crippen molar-refractivity contribution in [2.45, 2.75) is 6.42 Å². The number of nitrogens with one attached hydrogen (secondary N) is 1. The molecule has 0 amide bonds. The molecule has 1 rings (SSSR count). The van der Waals surface area contributed by atoms with E-state index in [0.717, 1.165) is 6.07 Å². The fourth-order valence-corrected chi connectivity index (χ4v) is 2.66. The highest BCUT2D eigenvalue weighted by Gasteiger charge is 2.16. The van der Waals surface area contributed by atoms with E-state index in [2.05, 4.69) is 15.9 Å². The number of aliphatic carboxylic acids is 1. The molecule has 1 aromatic carbocycles. The zero-order valence-electron chi connectivity index (χ0n) is 8.48. The lowest BCUT2D eigenvalue weighted by atomic mass is 10.3. The Morgan fingerprint density at radius 1 is 1.47 bits per heavy atom. The predicted molar refractivity (Wildman–Crippen MR) is 63.8 cm³/mol. The van der Waals surface area contributed by atoms with Gasteiger partial charge in [0.25, 0.3) is 0 Å². The van der Waals surface area contributed by atoms with E-state index in [0.29, 0.717) is 0 Å². The van der Waals surface area contributed by atoms with Crippen molar-refractivity contribution in [3.8, 4) is 0 Å². The zero-order chi connectivity index (χ0) is 13.1. The summed E-state index contributed by atoms with van der Waals surface area (Å²) in [4.78, 5) is 10.3. The molecule has 0 aromatic heterocycles. The summed E-state index contributed by atoms with van der Waals surface area (Å²) in [7, 11) is -3.88. The van der Waals surface area contributed by atoms with Crippen LogP contribution >= 0.6 is 15.9 Å². The first-order valence-electron chi connectivity index (χ1n) is 4.48. The molecule has 0 aliphatic heterocycles. The number of hydrogen-bond acceptors (Lipinski definition) is 3. The van der Waals surface area contributed by atoms with Crippen LogP contribution in [0.2, 0.25) is 0 Å². The summed E-state index contributed by atoms with van der Waals surface area (Å²) in [6.45, 7) is 0. The van der Waals surface area contributed by atoms with Crippen LogP contribution in [0, 0.1) is 5.82 Å². The Hall–Kier alpha value is -1.15. The molecule has 0 unspecified atom stereocenters. The first-order valence-corrected chi connectivity index (χ1v) is 6.92. The SMILES string of the molecule is O=C(O)CCS(=O)(=O)Nc1c(F)cccc1Br. The molecule has 5 nitrogen and oxygen atoms in total. The molecule has 17 heavy (non-hydrogen) atoms. The summed E-state index contributed by atoms with van der Waals surface area (Å²) in [6.07, 6.45) is -0.540. The van der Waals surface area contributed by atoms with Gasteiger partial charge >= 0.3 is 5.97 Å². The van der Waals surface area contributed by atoms with Gasteiger partial charge in [0.15, 0.2) is 0 Å². The number of carboxylic acids is 1. The number of anilines is 1. The lowest BCUT2D eigenvalue weighted by Gasteiger charge is -2.09. The first-order chi connectivity index (χ1) is 7.82. The second-order valence-electron chi connectivity index (χ2n) is 3.16. The molecule has 0 spiro atoms. The molecular weight excluding hydrogens is 317 g/mol. The summed E-state index contributed by atoms with van der Waals surface area (Å²) in [5.74, 6) is -2.58. The molecule has 0 aliphatic carbocycles. The van der Waals surface area contributed by atoms with Crippen LogP contribution < -0.4 is 4.72 Å². The number of halogens is 2. The van der Waals surface area contributed by atoms with Crippen molar-refractivity contribution < 1.29 is 22.7 Å². The molecule has 0 heterocycles. The number of hydrogen-bond donors (Lipinski definition) is 2. The molecule has 0 radical (unpaired) electrons. The third-order valence-electron chi connectivity index (χ3n) is 1.80. The van der Waals surface area contributed by atoms with Crippen molar-refractivity contribution in [2.24, 2.45) is 0 Å². The van der Waals surface area contributed by atoms with Gasteiger partial charge in [-0.3, -0.25) is 9.52 Å². The molecular formula is C9H9BrFNO4S. The van der Waals surface area contributed by atoms with Crippen LogP contribution in [0.15, 0.2) is 22.7 Å². The lowest BCUT2D eigenvalue weighted by molar-refractivity contribution is -0.136. The third kappa shape index (κ3) is 4.31. The average Bonchev–Trinajstić information content (AvgIpc) is 2.21. The maximum absolute atomic E-state index is 13.3. The van der Waals surface area contributed by atoms with Gasteiger partial charge in [0.05, 0.1) is 17.9 Å². The van der Waals surface area contributed by atoms with Gasteiger partial charge in [-0.05, 0) is 28.1 Å². The van der Waals surface area contributed by atoms with Crippen LogP contribution in [-0.4, -0.2) is 25.2 Å². The molecule has 0 fully saturated rings. The Balaban J connectivity index is 2.87. The molecule has 0 atom stereocenters. The summed E-state index contributed by atoms with van der Waals surface area (Å²) in [6, 6.07) is 3.98. The Morgan fingerprint density at radius 2 is 2.12 bits per heavy atom. The van der Waals surface area contributed by atoms with Gasteiger partial charge in [-0.2, -0.15) is 0 Å². The van der Waals surface area contributed by atoms with Crippen LogP contribution in [0.3, 0.4) is 0 Å². The minimum absolute atomic E-state index is 0.224. The normalized spacial score (nSPS) is 11.2. The molecule has 2 N–H and O–H groups in total. The van der Waals surface area contributed by atoms with Crippen LogP contribution in [0.4, 0.5) is 10.1 Å². The fraction of sp³-hybridized carbons (Fsp3) is 0.222. The topological polar surface area (TPSA) is 83.5 Å². The van der Waals surface area contributed by atoms with E-state index in [9.17, 15) is 17.6 Å². The zero-order valence-corrected chi connectivity index (χ0v) is 10.9. The maximum Gasteiger partial charge on any atom is 0.304 e. The van der Waals surface area contributed by atoms with E-state index >= 15 is 0 Å². The number of carbonyl (C=O) groups is 1. The average molecular weight is 326 g/mol. The Labute approximate surface area is 106 Å². The highest BCUT2D eigenvalue weighted by Crippen LogP contribution is 2.26. The van der Waals surface area contributed by atoms with E-state index in [1.165, 1.54) is 12.1 Å². The maximum atomic E-state index is 13.3. The minimum atomic E-state index is -3.88. The van der Waals surface area contributed by atoms with Crippen molar-refractivity contribution in [3.05, 3.63) is 28.5 Å². The van der Waals surface area contributed by atoms with Crippen LogP contribution in [0.5, 0.6) is 0 Å². The molecule has 0 saturated carbocycles. The predicted octanol–water partition coefficient (Wildman–Crippen LogP) is 1.80. The summed E-state index contributed by atoms with van der Waals surface area (Å²) in [5, 5.41) is 8.38. The van der Waals surface area contributed by atoms with Crippen molar-refractivity contribution >= 4 is 37.6 Å². The number of para-hydroxylation sites is 1. The van der Waals surface area contributed by atoms with E-state index in [1.807, 2.05) is 4.72 Å². The second-order valence-corrected chi connectivity index (χ2v) is 5.86. The van der Waals surface area contributed by atoms with Crippen molar-refractivity contribution in [3.63, 3.8) is 0 Å². The van der Waals surface area contributed by atoms with Gasteiger partial charge in [0, 0.05) is 4.47 Å². The number of benzene rings is 1. The highest BCUT2D eigenvalue weighted by molar-refractivity contribution is 9.10. The van der Waals surface area contributed by atoms with Gasteiger partial charge in [0.2, 0.25) is 10.0 Å². The Bertz CT molecular complexity index is 512. The largest absolute Gasteiger partial charge is 0.481 e. The van der Waals surface area contributed by atoms with Gasteiger partial charge in [0.1, 0.15) is 5.82 Å². The van der Waals surface area contributed by atoms with E-state index in [1.54, 1.807) is 0 Å². The molecule has 0 aliphatic rings. The summed E-state index contributed by atoms with van der Waals surface area (Å²) in [5.41, 5.74) is -0.224. The van der Waals surface area contributed by atoms with Gasteiger partial charge in [-0.1, -0.05) is 6.07 Å². The van der Waals surface area contributed by atoms with E-state index in [-0.39, 0.29) is 10.2 Å². The molecule has 0 bridgehead atoms. The van der Waals surface area contributed by atoms with Crippen molar-refractivity contribution in [2.75, 3.05) is 10.5 Å². The minimum Gasteiger partial charge on any atom is -0.481 e. The van der Waals surface area contributed by atoms with E-state index < -0.39 is 34.0 Å². The molecule has 1 aromatic rings. The van der Waals surface area contributed by atoms with Crippen LogP contribution in [-0.2, 0) is 14.8 Å². The lowest BCUT2D eigenvalue weighted by Crippen LogP contribution is -2.19. The third-order valence-corrected chi connectivity index (χ3v) is 3.72. The highest BCUT2D eigenvalue weighted by atomic mass is 79.9. The first kappa shape index (κ1) is 13.9. The van der Waals surface area contributed by atoms with Crippen molar-refractivity contribution in [1.29, 1.82) is 0 Å².